The van der Waals surface area contributed by atoms with E-state index in [0.29, 0.717) is 10.1 Å². The van der Waals surface area contributed by atoms with Crippen molar-refractivity contribution in [3.05, 3.63) is 74.2 Å². The first-order valence-electron chi connectivity index (χ1n) is 7.54. The molecule has 1 N–H and O–H groups in total. The van der Waals surface area contributed by atoms with E-state index in [0.717, 1.165) is 22.4 Å². The number of carbonyl (C=O) groups excluding carboxylic acids is 1. The van der Waals surface area contributed by atoms with Gasteiger partial charge in [-0.15, -0.1) is 0 Å². The van der Waals surface area contributed by atoms with E-state index in [4.69, 9.17) is 0 Å². The van der Waals surface area contributed by atoms with Crippen LogP contribution in [0.4, 0.5) is 11.4 Å². The van der Waals surface area contributed by atoms with Crippen molar-refractivity contribution in [1.29, 1.82) is 0 Å². The molecule has 0 saturated carbocycles. The quantitative estimate of drug-likeness (QED) is 0.511. The number of hydrogen-bond donors (Lipinski definition) is 1. The van der Waals surface area contributed by atoms with Crippen LogP contribution in [0, 0.1) is 24.0 Å². The second-order valence-electron chi connectivity index (χ2n) is 5.62. The molecule has 126 valence electrons. The molecule has 1 saturated heterocycles. The zero-order valence-electron chi connectivity index (χ0n) is 13.6. The Morgan fingerprint density at radius 3 is 2.52 bits per heavy atom. The van der Waals surface area contributed by atoms with Crippen molar-refractivity contribution in [1.82, 2.24) is 5.32 Å². The lowest BCUT2D eigenvalue weighted by Crippen LogP contribution is -2.19. The van der Waals surface area contributed by atoms with Crippen molar-refractivity contribution >= 4 is 40.3 Å². The number of non-ortho nitro benzene ring substituents is 1. The number of amides is 1. The van der Waals surface area contributed by atoms with Gasteiger partial charge in [-0.25, -0.2) is 4.99 Å². The van der Waals surface area contributed by atoms with E-state index in [2.05, 4.69) is 10.3 Å². The first kappa shape index (κ1) is 16.9. The van der Waals surface area contributed by atoms with Crippen LogP contribution in [0.2, 0.25) is 0 Å². The summed E-state index contributed by atoms with van der Waals surface area (Å²) in [5.74, 6) is -0.230. The number of nitrogens with one attached hydrogen (secondary N) is 1. The van der Waals surface area contributed by atoms with E-state index in [9.17, 15) is 14.9 Å². The van der Waals surface area contributed by atoms with Crippen LogP contribution in [-0.4, -0.2) is 16.0 Å². The molecule has 0 spiro atoms. The van der Waals surface area contributed by atoms with E-state index in [1.165, 1.54) is 23.9 Å². The van der Waals surface area contributed by atoms with Gasteiger partial charge in [0.15, 0.2) is 5.17 Å². The van der Waals surface area contributed by atoms with Gasteiger partial charge < -0.3 is 5.32 Å². The molecule has 2 aromatic carbocycles. The lowest BCUT2D eigenvalue weighted by atomic mass is 10.1. The smallest absolute Gasteiger partial charge is 0.269 e. The number of aliphatic imine (C=N–C) groups is 1. The molecule has 0 aliphatic carbocycles. The van der Waals surface area contributed by atoms with Crippen molar-refractivity contribution < 1.29 is 9.72 Å². The van der Waals surface area contributed by atoms with Crippen LogP contribution in [0.5, 0.6) is 0 Å². The number of benzene rings is 2. The predicted octanol–water partition coefficient (Wildman–Crippen LogP) is 4.10. The fourth-order valence-electron chi connectivity index (χ4n) is 2.36. The second kappa shape index (κ2) is 6.90. The fourth-order valence-corrected chi connectivity index (χ4v) is 3.20. The number of amidine groups is 1. The lowest BCUT2D eigenvalue weighted by molar-refractivity contribution is -0.384. The summed E-state index contributed by atoms with van der Waals surface area (Å²) in [6.45, 7) is 3.99. The van der Waals surface area contributed by atoms with Gasteiger partial charge in [0.2, 0.25) is 0 Å². The van der Waals surface area contributed by atoms with Crippen LogP contribution < -0.4 is 5.32 Å². The van der Waals surface area contributed by atoms with Gasteiger partial charge in [-0.05, 0) is 61.0 Å². The molecular weight excluding hydrogens is 338 g/mol. The number of nitro groups is 1. The first-order valence-corrected chi connectivity index (χ1v) is 8.35. The molecular formula is C18H15N3O3S. The maximum absolute atomic E-state index is 12.1. The number of thioether (sulfide) groups is 1. The lowest BCUT2D eigenvalue weighted by Gasteiger charge is -2.02. The average molecular weight is 353 g/mol. The Kier molecular flexibility index (Phi) is 4.67. The predicted molar refractivity (Wildman–Crippen MR) is 99.8 cm³/mol. The van der Waals surface area contributed by atoms with E-state index in [1.54, 1.807) is 18.2 Å². The highest BCUT2D eigenvalue weighted by molar-refractivity contribution is 8.18. The van der Waals surface area contributed by atoms with Gasteiger partial charge in [0.1, 0.15) is 0 Å². The van der Waals surface area contributed by atoms with E-state index in [1.807, 2.05) is 32.0 Å². The van der Waals surface area contributed by atoms with Crippen LogP contribution in [0.3, 0.4) is 0 Å². The third-order valence-corrected chi connectivity index (χ3v) is 4.54. The highest BCUT2D eigenvalue weighted by atomic mass is 32.2. The molecule has 2 aromatic rings. The maximum atomic E-state index is 12.1. The van der Waals surface area contributed by atoms with Gasteiger partial charge in [-0.2, -0.15) is 0 Å². The normalized spacial score (nSPS) is 17.1. The van der Waals surface area contributed by atoms with Crippen LogP contribution >= 0.6 is 11.8 Å². The molecule has 1 amide bonds. The maximum Gasteiger partial charge on any atom is 0.269 e. The van der Waals surface area contributed by atoms with Gasteiger partial charge in [0.25, 0.3) is 11.6 Å². The zero-order valence-corrected chi connectivity index (χ0v) is 14.5. The zero-order chi connectivity index (χ0) is 18.0. The minimum atomic E-state index is -0.456. The summed E-state index contributed by atoms with van der Waals surface area (Å²) < 4.78 is 0. The summed E-state index contributed by atoms with van der Waals surface area (Å²) in [7, 11) is 0. The Morgan fingerprint density at radius 1 is 1.16 bits per heavy atom. The van der Waals surface area contributed by atoms with Crippen LogP contribution in [0.25, 0.3) is 6.08 Å². The molecule has 1 aliphatic heterocycles. The Morgan fingerprint density at radius 2 is 1.88 bits per heavy atom. The standard InChI is InChI=1S/C18H15N3O3S/c1-11-3-8-15(12(2)9-11)19-18-20-17(22)16(25-18)10-13-4-6-14(7-5-13)21(23)24/h3-10H,1-2H3,(H,19,20,22). The van der Waals surface area contributed by atoms with Crippen molar-refractivity contribution in [2.24, 2.45) is 4.99 Å². The molecule has 6 nitrogen and oxygen atoms in total. The Hall–Kier alpha value is -2.93. The Bertz CT molecular complexity index is 918. The molecule has 0 bridgehead atoms. The van der Waals surface area contributed by atoms with Crippen molar-refractivity contribution in [3.8, 4) is 0 Å². The van der Waals surface area contributed by atoms with Gasteiger partial charge in [0, 0.05) is 12.1 Å². The van der Waals surface area contributed by atoms with Crippen molar-refractivity contribution in [3.63, 3.8) is 0 Å². The summed E-state index contributed by atoms with van der Waals surface area (Å²) in [6, 6.07) is 12.0. The van der Waals surface area contributed by atoms with Crippen molar-refractivity contribution in [2.45, 2.75) is 13.8 Å². The average Bonchev–Trinajstić information content (AvgIpc) is 2.90. The molecule has 0 aromatic heterocycles. The number of hydrogen-bond acceptors (Lipinski definition) is 5. The van der Waals surface area contributed by atoms with Gasteiger partial charge in [-0.1, -0.05) is 17.7 Å². The molecule has 0 unspecified atom stereocenters. The summed E-state index contributed by atoms with van der Waals surface area (Å²) >= 11 is 1.25. The van der Waals surface area contributed by atoms with Crippen LogP contribution in [-0.2, 0) is 4.79 Å². The SMILES string of the molecule is Cc1ccc(N=C2NC(=O)C(=Cc3ccc([N+](=O)[O-])cc3)S2)c(C)c1. The minimum Gasteiger partial charge on any atom is -0.300 e. The van der Waals surface area contributed by atoms with E-state index in [-0.39, 0.29) is 11.6 Å². The van der Waals surface area contributed by atoms with Crippen molar-refractivity contribution in [2.75, 3.05) is 0 Å². The molecule has 25 heavy (non-hydrogen) atoms. The summed E-state index contributed by atoms with van der Waals surface area (Å²) in [5.41, 5.74) is 3.74. The largest absolute Gasteiger partial charge is 0.300 e. The van der Waals surface area contributed by atoms with Gasteiger partial charge in [0.05, 0.1) is 15.5 Å². The van der Waals surface area contributed by atoms with Crippen LogP contribution in [0.15, 0.2) is 52.4 Å². The monoisotopic (exact) mass is 353 g/mol. The third kappa shape index (κ3) is 3.95. The number of carbonyl (C=O) groups is 1. The summed E-state index contributed by atoms with van der Waals surface area (Å²) in [5, 5.41) is 13.9. The minimum absolute atomic E-state index is 0.0165. The number of nitro benzene ring substituents is 1. The molecule has 3 rings (SSSR count). The molecule has 0 atom stereocenters. The summed E-state index contributed by atoms with van der Waals surface area (Å²) in [4.78, 5) is 27.3. The molecule has 1 heterocycles. The molecule has 7 heteroatoms. The number of nitrogens with zero attached hydrogens (tertiary/aromatic N) is 2. The highest BCUT2D eigenvalue weighted by Crippen LogP contribution is 2.29. The Balaban J connectivity index is 1.82. The topological polar surface area (TPSA) is 84.6 Å². The van der Waals surface area contributed by atoms with E-state index < -0.39 is 4.92 Å². The molecule has 0 radical (unpaired) electrons. The van der Waals surface area contributed by atoms with E-state index >= 15 is 0 Å². The molecule has 1 fully saturated rings. The third-order valence-electron chi connectivity index (χ3n) is 3.63. The number of aryl methyl sites for hydroxylation is 2. The highest BCUT2D eigenvalue weighted by Gasteiger charge is 2.24. The first-order chi connectivity index (χ1) is 11.9. The van der Waals surface area contributed by atoms with Gasteiger partial charge >= 0.3 is 0 Å². The van der Waals surface area contributed by atoms with Gasteiger partial charge in [-0.3, -0.25) is 14.9 Å². The molecule has 1 aliphatic rings. The Labute approximate surface area is 148 Å². The second-order valence-corrected chi connectivity index (χ2v) is 6.65. The fraction of sp³-hybridized carbons (Fsp3) is 0.111. The summed E-state index contributed by atoms with van der Waals surface area (Å²) in [6.07, 6.45) is 1.69. The van der Waals surface area contributed by atoms with Crippen LogP contribution in [0.1, 0.15) is 16.7 Å². The number of rotatable bonds is 3.